The molecule has 92 valence electrons. The van der Waals surface area contributed by atoms with E-state index in [1.165, 1.54) is 0 Å². The maximum Gasteiger partial charge on any atom is 0.410 e. The van der Waals surface area contributed by atoms with Gasteiger partial charge < -0.3 is 20.4 Å². The highest BCUT2D eigenvalue weighted by Crippen LogP contribution is 2.19. The van der Waals surface area contributed by atoms with Crippen molar-refractivity contribution in [2.24, 2.45) is 5.73 Å². The minimum Gasteiger partial charge on any atom is -0.548 e. The van der Waals surface area contributed by atoms with Crippen molar-refractivity contribution in [2.45, 2.75) is 44.9 Å². The first-order valence-corrected chi connectivity index (χ1v) is 5.17. The van der Waals surface area contributed by atoms with Crippen LogP contribution in [0.25, 0.3) is 0 Å². The average Bonchev–Trinajstić information content (AvgIpc) is 2.44. The molecule has 1 saturated heterocycles. The quantitative estimate of drug-likeness (QED) is 0.627. The van der Waals surface area contributed by atoms with Crippen molar-refractivity contribution in [3.63, 3.8) is 0 Å². The number of carbonyl (C=O) groups excluding carboxylic acids is 2. The van der Waals surface area contributed by atoms with Crippen molar-refractivity contribution >= 4 is 12.1 Å². The van der Waals surface area contributed by atoms with Crippen LogP contribution in [-0.4, -0.2) is 41.2 Å². The fraction of sp³-hybridized carbons (Fsp3) is 0.800. The third kappa shape index (κ3) is 3.10. The number of ether oxygens (including phenoxy) is 1. The van der Waals surface area contributed by atoms with E-state index >= 15 is 0 Å². The lowest BCUT2D eigenvalue weighted by Gasteiger charge is -2.28. The predicted molar refractivity (Wildman–Crippen MR) is 54.3 cm³/mol. The van der Waals surface area contributed by atoms with Crippen LogP contribution >= 0.6 is 0 Å². The van der Waals surface area contributed by atoms with E-state index < -0.39 is 23.7 Å². The molecule has 0 aromatic heterocycles. The molecule has 0 saturated carbocycles. The molecular weight excluding hydrogens is 212 g/mol. The van der Waals surface area contributed by atoms with Crippen molar-refractivity contribution in [1.29, 1.82) is 0 Å². The second-order valence-corrected chi connectivity index (χ2v) is 4.96. The minimum atomic E-state index is -1.29. The Balaban J connectivity index is 2.71. The molecule has 6 nitrogen and oxygen atoms in total. The second kappa shape index (κ2) is 4.29. The van der Waals surface area contributed by atoms with Crippen molar-refractivity contribution in [3.05, 3.63) is 0 Å². The number of amides is 1. The summed E-state index contributed by atoms with van der Waals surface area (Å²) in [5.41, 5.74) is 4.96. The number of nitrogens with zero attached hydrogens (tertiary/aromatic N) is 1. The molecule has 6 heteroatoms. The molecule has 0 radical (unpaired) electrons. The molecule has 1 aliphatic rings. The summed E-state index contributed by atoms with van der Waals surface area (Å²) in [4.78, 5) is 23.6. The van der Waals surface area contributed by atoms with E-state index in [0.717, 1.165) is 4.90 Å². The molecule has 0 unspecified atom stereocenters. The van der Waals surface area contributed by atoms with E-state index in [1.54, 1.807) is 20.8 Å². The standard InChI is InChI=1S/C10H18N2O4/c1-10(2,3)16-9(15)12-5-6(11)4-7(12)8(13)14/h6-7H,4-5,11H2,1-3H3,(H,13,14)/p-1/t6-,7-/m0/s1. The first-order valence-electron chi connectivity index (χ1n) is 5.17. The van der Waals surface area contributed by atoms with Crippen LogP contribution in [-0.2, 0) is 9.53 Å². The van der Waals surface area contributed by atoms with Crippen molar-refractivity contribution < 1.29 is 19.4 Å². The maximum absolute atomic E-state index is 11.7. The van der Waals surface area contributed by atoms with E-state index in [-0.39, 0.29) is 19.0 Å². The molecule has 0 spiro atoms. The van der Waals surface area contributed by atoms with Crippen LogP contribution in [0.5, 0.6) is 0 Å². The number of likely N-dealkylation sites (tertiary alicyclic amines) is 1. The lowest BCUT2D eigenvalue weighted by atomic mass is 10.2. The zero-order valence-electron chi connectivity index (χ0n) is 9.73. The van der Waals surface area contributed by atoms with Crippen molar-refractivity contribution in [2.75, 3.05) is 6.54 Å². The molecule has 16 heavy (non-hydrogen) atoms. The third-order valence-electron chi connectivity index (χ3n) is 2.23. The number of aliphatic carboxylic acids is 1. The SMILES string of the molecule is CC(C)(C)OC(=O)N1C[C@@H](N)C[C@H]1C(=O)[O-]. The Labute approximate surface area is 94.3 Å². The van der Waals surface area contributed by atoms with Crippen LogP contribution in [0.4, 0.5) is 4.79 Å². The van der Waals surface area contributed by atoms with Gasteiger partial charge in [-0.25, -0.2) is 4.79 Å². The van der Waals surface area contributed by atoms with Gasteiger partial charge in [-0.2, -0.15) is 0 Å². The summed E-state index contributed by atoms with van der Waals surface area (Å²) in [7, 11) is 0. The smallest absolute Gasteiger partial charge is 0.410 e. The number of hydrogen-bond donors (Lipinski definition) is 1. The topological polar surface area (TPSA) is 95.7 Å². The Hall–Kier alpha value is -1.30. The molecule has 2 atom stereocenters. The number of carboxylic acids is 1. The highest BCUT2D eigenvalue weighted by molar-refractivity contribution is 5.79. The highest BCUT2D eigenvalue weighted by atomic mass is 16.6. The summed E-state index contributed by atoms with van der Waals surface area (Å²) in [6.07, 6.45) is -0.448. The summed E-state index contributed by atoms with van der Waals surface area (Å²) in [5.74, 6) is -1.29. The Morgan fingerprint density at radius 3 is 2.44 bits per heavy atom. The van der Waals surface area contributed by atoms with Crippen molar-refractivity contribution in [1.82, 2.24) is 4.90 Å². The zero-order chi connectivity index (χ0) is 12.5. The van der Waals surface area contributed by atoms with Crippen LogP contribution < -0.4 is 10.8 Å². The number of nitrogens with two attached hydrogens (primary N) is 1. The normalized spacial score (nSPS) is 25.6. The predicted octanol–water partition coefficient (Wildman–Crippen LogP) is -0.927. The number of hydrogen-bond acceptors (Lipinski definition) is 5. The molecule has 0 aromatic rings. The summed E-state index contributed by atoms with van der Waals surface area (Å²) in [6, 6.07) is -1.32. The van der Waals surface area contributed by atoms with Gasteiger partial charge in [0.25, 0.3) is 0 Å². The summed E-state index contributed by atoms with van der Waals surface area (Å²) < 4.78 is 5.09. The first-order chi connectivity index (χ1) is 7.20. The van der Waals surface area contributed by atoms with E-state index in [0.29, 0.717) is 0 Å². The highest BCUT2D eigenvalue weighted by Gasteiger charge is 2.36. The Morgan fingerprint density at radius 2 is 2.00 bits per heavy atom. The molecule has 0 bridgehead atoms. The fourth-order valence-electron chi connectivity index (χ4n) is 1.61. The number of carbonyl (C=O) groups is 2. The fourth-order valence-corrected chi connectivity index (χ4v) is 1.61. The molecule has 1 aliphatic heterocycles. The molecule has 1 amide bonds. The van der Waals surface area contributed by atoms with Gasteiger partial charge in [-0.1, -0.05) is 0 Å². The van der Waals surface area contributed by atoms with Gasteiger partial charge in [0.2, 0.25) is 0 Å². The Morgan fingerprint density at radius 1 is 1.44 bits per heavy atom. The first kappa shape index (κ1) is 12.8. The molecule has 1 fully saturated rings. The molecule has 1 heterocycles. The van der Waals surface area contributed by atoms with E-state index in [9.17, 15) is 14.7 Å². The van der Waals surface area contributed by atoms with E-state index in [2.05, 4.69) is 0 Å². The van der Waals surface area contributed by atoms with Crippen molar-refractivity contribution in [3.8, 4) is 0 Å². The average molecular weight is 229 g/mol. The van der Waals surface area contributed by atoms with Crippen LogP contribution in [0.1, 0.15) is 27.2 Å². The Bertz CT molecular complexity index is 298. The van der Waals surface area contributed by atoms with Gasteiger partial charge in [-0.05, 0) is 27.2 Å². The van der Waals surface area contributed by atoms with Crippen LogP contribution in [0, 0.1) is 0 Å². The summed E-state index contributed by atoms with van der Waals surface area (Å²) in [5, 5.41) is 10.8. The lowest BCUT2D eigenvalue weighted by Crippen LogP contribution is -2.48. The Kier molecular flexibility index (Phi) is 3.42. The van der Waals surface area contributed by atoms with Gasteiger partial charge in [-0.15, -0.1) is 0 Å². The number of rotatable bonds is 1. The third-order valence-corrected chi connectivity index (χ3v) is 2.23. The minimum absolute atomic E-state index is 0.188. The molecule has 0 aliphatic carbocycles. The van der Waals surface area contributed by atoms with Crippen LogP contribution in [0.3, 0.4) is 0 Å². The molecule has 1 rings (SSSR count). The van der Waals surface area contributed by atoms with Gasteiger partial charge in [-0.3, -0.25) is 4.90 Å². The van der Waals surface area contributed by atoms with Gasteiger partial charge >= 0.3 is 6.09 Å². The summed E-state index contributed by atoms with van der Waals surface area (Å²) >= 11 is 0. The van der Waals surface area contributed by atoms with Crippen LogP contribution in [0.2, 0.25) is 0 Å². The van der Waals surface area contributed by atoms with Gasteiger partial charge in [0.15, 0.2) is 0 Å². The monoisotopic (exact) mass is 229 g/mol. The molecule has 0 aromatic carbocycles. The van der Waals surface area contributed by atoms with Crippen LogP contribution in [0.15, 0.2) is 0 Å². The number of carboxylic acid groups (broad SMARTS) is 1. The maximum atomic E-state index is 11.7. The second-order valence-electron chi connectivity index (χ2n) is 4.96. The summed E-state index contributed by atoms with van der Waals surface area (Å²) in [6.45, 7) is 5.34. The largest absolute Gasteiger partial charge is 0.548 e. The van der Waals surface area contributed by atoms with Gasteiger partial charge in [0, 0.05) is 12.6 Å². The molecular formula is C10H17N2O4-. The van der Waals surface area contributed by atoms with Gasteiger partial charge in [0.1, 0.15) is 5.60 Å². The zero-order valence-corrected chi connectivity index (χ0v) is 9.73. The van der Waals surface area contributed by atoms with Gasteiger partial charge in [0.05, 0.1) is 12.0 Å². The van der Waals surface area contributed by atoms with E-state index in [1.807, 2.05) is 0 Å². The lowest BCUT2D eigenvalue weighted by molar-refractivity contribution is -0.310. The molecule has 2 N–H and O–H groups in total. The van der Waals surface area contributed by atoms with E-state index in [4.69, 9.17) is 10.5 Å².